The summed E-state index contributed by atoms with van der Waals surface area (Å²) in [5.41, 5.74) is -0.500. The third-order valence-corrected chi connectivity index (χ3v) is 4.42. The standard InChI is InChI=1S/C15H31N3O2/c1-5-13(6-2)18(11-12-19)14(20)15(3,4)17-9-7-16-8-10-17/h13,16,19H,5-12H2,1-4H3. The van der Waals surface area contributed by atoms with E-state index in [0.29, 0.717) is 6.54 Å². The van der Waals surface area contributed by atoms with Gasteiger partial charge in [0, 0.05) is 38.8 Å². The van der Waals surface area contributed by atoms with Gasteiger partial charge in [0.1, 0.15) is 0 Å². The van der Waals surface area contributed by atoms with E-state index in [9.17, 15) is 9.90 Å². The number of amides is 1. The zero-order valence-electron chi connectivity index (χ0n) is 13.5. The molecule has 0 radical (unpaired) electrons. The van der Waals surface area contributed by atoms with E-state index in [4.69, 9.17) is 0 Å². The highest BCUT2D eigenvalue weighted by atomic mass is 16.3. The van der Waals surface area contributed by atoms with Gasteiger partial charge in [-0.2, -0.15) is 0 Å². The average Bonchev–Trinajstić information content (AvgIpc) is 2.47. The molecule has 0 unspecified atom stereocenters. The monoisotopic (exact) mass is 285 g/mol. The number of aliphatic hydroxyl groups excluding tert-OH is 1. The number of carbonyl (C=O) groups excluding carboxylic acids is 1. The molecule has 1 saturated heterocycles. The molecule has 0 spiro atoms. The Morgan fingerprint density at radius 3 is 2.30 bits per heavy atom. The second kappa shape index (κ2) is 7.96. The zero-order valence-corrected chi connectivity index (χ0v) is 13.5. The Labute approximate surface area is 123 Å². The van der Waals surface area contributed by atoms with Crippen LogP contribution < -0.4 is 5.32 Å². The number of rotatable bonds is 7. The van der Waals surface area contributed by atoms with Crippen molar-refractivity contribution >= 4 is 5.91 Å². The Morgan fingerprint density at radius 1 is 1.30 bits per heavy atom. The maximum atomic E-state index is 13.0. The van der Waals surface area contributed by atoms with Crippen molar-refractivity contribution in [3.8, 4) is 0 Å². The number of carbonyl (C=O) groups is 1. The van der Waals surface area contributed by atoms with Gasteiger partial charge in [-0.1, -0.05) is 13.8 Å². The molecule has 0 aromatic rings. The number of hydrogen-bond acceptors (Lipinski definition) is 4. The number of hydrogen-bond donors (Lipinski definition) is 2. The molecule has 5 heteroatoms. The predicted octanol–water partition coefficient (Wildman–Crippen LogP) is 0.680. The molecule has 0 aromatic heterocycles. The predicted molar refractivity (Wildman–Crippen MR) is 81.7 cm³/mol. The number of nitrogens with one attached hydrogen (secondary N) is 1. The molecule has 0 saturated carbocycles. The normalized spacial score (nSPS) is 17.5. The van der Waals surface area contributed by atoms with Crippen LogP contribution in [0.15, 0.2) is 0 Å². The minimum Gasteiger partial charge on any atom is -0.395 e. The average molecular weight is 285 g/mol. The fraction of sp³-hybridized carbons (Fsp3) is 0.933. The topological polar surface area (TPSA) is 55.8 Å². The van der Waals surface area contributed by atoms with Crippen LogP contribution in [0.3, 0.4) is 0 Å². The summed E-state index contributed by atoms with van der Waals surface area (Å²) in [4.78, 5) is 17.1. The molecule has 1 rings (SSSR count). The van der Waals surface area contributed by atoms with Crippen LogP contribution in [0.5, 0.6) is 0 Å². The highest BCUT2D eigenvalue weighted by molar-refractivity contribution is 5.85. The summed E-state index contributed by atoms with van der Waals surface area (Å²) >= 11 is 0. The molecular weight excluding hydrogens is 254 g/mol. The van der Waals surface area contributed by atoms with Crippen LogP contribution in [-0.2, 0) is 4.79 Å². The lowest BCUT2D eigenvalue weighted by molar-refractivity contribution is -0.146. The smallest absolute Gasteiger partial charge is 0.242 e. The van der Waals surface area contributed by atoms with Crippen molar-refractivity contribution in [1.82, 2.24) is 15.1 Å². The third-order valence-electron chi connectivity index (χ3n) is 4.42. The first kappa shape index (κ1) is 17.4. The first-order valence-electron chi connectivity index (χ1n) is 7.86. The van der Waals surface area contributed by atoms with Crippen LogP contribution in [0.1, 0.15) is 40.5 Å². The van der Waals surface area contributed by atoms with Crippen molar-refractivity contribution in [3.05, 3.63) is 0 Å². The lowest BCUT2D eigenvalue weighted by Crippen LogP contribution is -2.62. The molecule has 1 amide bonds. The highest BCUT2D eigenvalue weighted by Crippen LogP contribution is 2.21. The Morgan fingerprint density at radius 2 is 1.85 bits per heavy atom. The molecule has 5 nitrogen and oxygen atoms in total. The highest BCUT2D eigenvalue weighted by Gasteiger charge is 2.39. The quantitative estimate of drug-likeness (QED) is 0.722. The molecule has 1 aliphatic rings. The summed E-state index contributed by atoms with van der Waals surface area (Å²) in [6, 6.07) is 0.219. The minimum atomic E-state index is -0.500. The van der Waals surface area contributed by atoms with Crippen LogP contribution >= 0.6 is 0 Å². The van der Waals surface area contributed by atoms with Crippen molar-refractivity contribution in [3.63, 3.8) is 0 Å². The van der Waals surface area contributed by atoms with Crippen molar-refractivity contribution in [2.24, 2.45) is 0 Å². The molecule has 118 valence electrons. The molecule has 2 N–H and O–H groups in total. The SMILES string of the molecule is CCC(CC)N(CCO)C(=O)C(C)(C)N1CCNCC1. The Kier molecular flexibility index (Phi) is 6.92. The molecule has 0 bridgehead atoms. The maximum Gasteiger partial charge on any atom is 0.242 e. The number of nitrogens with zero attached hydrogens (tertiary/aromatic N) is 2. The summed E-state index contributed by atoms with van der Waals surface area (Å²) in [6.45, 7) is 12.3. The summed E-state index contributed by atoms with van der Waals surface area (Å²) in [5.74, 6) is 0.141. The molecule has 1 fully saturated rings. The van der Waals surface area contributed by atoms with Crippen molar-refractivity contribution in [1.29, 1.82) is 0 Å². The fourth-order valence-corrected chi connectivity index (χ4v) is 3.00. The molecule has 1 heterocycles. The summed E-state index contributed by atoms with van der Waals surface area (Å²) in [5, 5.41) is 12.6. The van der Waals surface area contributed by atoms with Gasteiger partial charge >= 0.3 is 0 Å². The zero-order chi connectivity index (χ0) is 15.2. The van der Waals surface area contributed by atoms with E-state index in [1.54, 1.807) is 0 Å². The van der Waals surface area contributed by atoms with Gasteiger partial charge in [0.2, 0.25) is 5.91 Å². The first-order chi connectivity index (χ1) is 9.48. The van der Waals surface area contributed by atoms with E-state index < -0.39 is 5.54 Å². The fourth-order valence-electron chi connectivity index (χ4n) is 3.00. The molecular formula is C15H31N3O2. The summed E-state index contributed by atoms with van der Waals surface area (Å²) < 4.78 is 0. The minimum absolute atomic E-state index is 0.0277. The Hall–Kier alpha value is -0.650. The van der Waals surface area contributed by atoms with Gasteiger partial charge in [0.15, 0.2) is 0 Å². The first-order valence-corrected chi connectivity index (χ1v) is 7.86. The van der Waals surface area contributed by atoms with Gasteiger partial charge in [-0.25, -0.2) is 0 Å². The van der Waals surface area contributed by atoms with Crippen molar-refractivity contribution < 1.29 is 9.90 Å². The Balaban J connectivity index is 2.85. The van der Waals surface area contributed by atoms with Gasteiger partial charge in [-0.05, 0) is 26.7 Å². The van der Waals surface area contributed by atoms with Gasteiger partial charge in [0.05, 0.1) is 12.1 Å². The number of aliphatic hydroxyl groups is 1. The van der Waals surface area contributed by atoms with Crippen LogP contribution in [0.2, 0.25) is 0 Å². The van der Waals surface area contributed by atoms with Gasteiger partial charge in [-0.15, -0.1) is 0 Å². The Bertz CT molecular complexity index is 297. The largest absolute Gasteiger partial charge is 0.395 e. The van der Waals surface area contributed by atoms with Gasteiger partial charge in [-0.3, -0.25) is 9.69 Å². The second-order valence-electron chi connectivity index (χ2n) is 5.99. The number of piperazine rings is 1. The third kappa shape index (κ3) is 3.93. The van der Waals surface area contributed by atoms with Crippen molar-refractivity contribution in [2.45, 2.75) is 52.1 Å². The van der Waals surface area contributed by atoms with Crippen LogP contribution in [0.25, 0.3) is 0 Å². The van der Waals surface area contributed by atoms with Gasteiger partial charge in [0.25, 0.3) is 0 Å². The van der Waals surface area contributed by atoms with E-state index >= 15 is 0 Å². The second-order valence-corrected chi connectivity index (χ2v) is 5.99. The molecule has 1 aliphatic heterocycles. The molecule has 0 aliphatic carbocycles. The van der Waals surface area contributed by atoms with E-state index in [0.717, 1.165) is 39.0 Å². The van der Waals surface area contributed by atoms with Crippen molar-refractivity contribution in [2.75, 3.05) is 39.3 Å². The van der Waals surface area contributed by atoms with Crippen LogP contribution in [0, 0.1) is 0 Å². The molecule has 0 aromatic carbocycles. The van der Waals surface area contributed by atoms with Crippen LogP contribution in [0.4, 0.5) is 0 Å². The van der Waals surface area contributed by atoms with E-state index in [2.05, 4.69) is 24.1 Å². The van der Waals surface area contributed by atoms with E-state index in [1.165, 1.54) is 0 Å². The van der Waals surface area contributed by atoms with E-state index in [-0.39, 0.29) is 18.6 Å². The van der Waals surface area contributed by atoms with E-state index in [1.807, 2.05) is 18.7 Å². The van der Waals surface area contributed by atoms with Crippen LogP contribution in [-0.4, -0.2) is 71.7 Å². The lowest BCUT2D eigenvalue weighted by atomic mass is 9.97. The molecule has 0 atom stereocenters. The molecule has 20 heavy (non-hydrogen) atoms. The maximum absolute atomic E-state index is 13.0. The lowest BCUT2D eigenvalue weighted by Gasteiger charge is -2.44. The summed E-state index contributed by atoms with van der Waals surface area (Å²) in [6.07, 6.45) is 1.86. The summed E-state index contributed by atoms with van der Waals surface area (Å²) in [7, 11) is 0. The van der Waals surface area contributed by atoms with Gasteiger partial charge < -0.3 is 15.3 Å².